The van der Waals surface area contributed by atoms with Gasteiger partial charge in [0, 0.05) is 11.1 Å². The summed E-state index contributed by atoms with van der Waals surface area (Å²) in [5.41, 5.74) is 10.6. The van der Waals surface area contributed by atoms with Crippen LogP contribution in [-0.4, -0.2) is 0 Å². The number of hydrogen-bond acceptors (Lipinski definition) is 2. The highest BCUT2D eigenvalue weighted by Gasteiger charge is 2.46. The molecule has 0 fully saturated rings. The van der Waals surface area contributed by atoms with Gasteiger partial charge in [0.15, 0.2) is 0 Å². The van der Waals surface area contributed by atoms with Crippen molar-refractivity contribution in [1.82, 2.24) is 0 Å². The highest BCUT2D eigenvalue weighted by atomic mass is 16.5. The van der Waals surface area contributed by atoms with Crippen LogP contribution in [-0.2, 0) is 5.41 Å². The van der Waals surface area contributed by atoms with E-state index in [0.717, 1.165) is 44.9 Å². The predicted octanol–water partition coefficient (Wildman–Crippen LogP) is 10.4. The Bertz CT molecular complexity index is 1810. The largest absolute Gasteiger partial charge is 0.465 e. The second kappa shape index (κ2) is 11.0. The molecule has 6 aromatic carbocycles. The molecule has 0 radical (unpaired) electrons. The van der Waals surface area contributed by atoms with Gasteiger partial charge in [-0.25, -0.2) is 0 Å². The van der Waals surface area contributed by atoms with Crippen LogP contribution in [0.15, 0.2) is 171 Å². The van der Waals surface area contributed by atoms with E-state index >= 15 is 0 Å². The average molecular weight is 555 g/mol. The smallest absolute Gasteiger partial charge is 0.134 e. The van der Waals surface area contributed by atoms with E-state index in [2.05, 4.69) is 122 Å². The zero-order chi connectivity index (χ0) is 29.2. The van der Waals surface area contributed by atoms with Crippen molar-refractivity contribution in [2.75, 3.05) is 0 Å². The minimum Gasteiger partial charge on any atom is -0.465 e. The topological polar surface area (TPSA) is 18.5 Å². The molecule has 0 atom stereocenters. The third kappa shape index (κ3) is 4.27. The van der Waals surface area contributed by atoms with Gasteiger partial charge >= 0.3 is 0 Å². The van der Waals surface area contributed by atoms with E-state index in [0.29, 0.717) is 0 Å². The van der Waals surface area contributed by atoms with Gasteiger partial charge in [0.25, 0.3) is 0 Å². The summed E-state index contributed by atoms with van der Waals surface area (Å²) in [6.45, 7) is 7.78. The third-order valence-electron chi connectivity index (χ3n) is 8.37. The van der Waals surface area contributed by atoms with Crippen molar-refractivity contribution >= 4 is 0 Å². The molecule has 0 unspecified atom stereocenters. The van der Waals surface area contributed by atoms with Crippen LogP contribution in [0.25, 0.3) is 33.4 Å². The number of rotatable bonds is 8. The Kier molecular flexibility index (Phi) is 6.73. The van der Waals surface area contributed by atoms with Crippen molar-refractivity contribution in [1.29, 1.82) is 0 Å². The molecule has 1 aliphatic rings. The fourth-order valence-electron chi connectivity index (χ4n) is 6.62. The van der Waals surface area contributed by atoms with Crippen LogP contribution in [0.3, 0.4) is 0 Å². The van der Waals surface area contributed by atoms with Crippen molar-refractivity contribution in [3.63, 3.8) is 0 Å². The second-order valence-corrected chi connectivity index (χ2v) is 10.6. The molecule has 206 valence electrons. The second-order valence-electron chi connectivity index (χ2n) is 10.6. The first-order valence-electron chi connectivity index (χ1n) is 14.4. The molecule has 1 aliphatic carbocycles. The summed E-state index contributed by atoms with van der Waals surface area (Å²) >= 11 is 0. The van der Waals surface area contributed by atoms with Gasteiger partial charge in [-0.1, -0.05) is 147 Å². The van der Waals surface area contributed by atoms with Gasteiger partial charge in [-0.15, -0.1) is 0 Å². The SMILES string of the molecule is C=COc1cc(C2(c3ccc(-c4ccccc4)c(OC=C)c3)c3ccccc3-c3ccccc32)ccc1-c1ccccc1. The first kappa shape index (κ1) is 26.3. The summed E-state index contributed by atoms with van der Waals surface area (Å²) in [5.74, 6) is 1.51. The monoisotopic (exact) mass is 554 g/mol. The lowest BCUT2D eigenvalue weighted by atomic mass is 9.67. The number of fused-ring (bicyclic) bond motifs is 3. The zero-order valence-corrected chi connectivity index (χ0v) is 23.7. The van der Waals surface area contributed by atoms with Crippen LogP contribution in [0.5, 0.6) is 11.5 Å². The maximum Gasteiger partial charge on any atom is 0.134 e. The van der Waals surface area contributed by atoms with Gasteiger partial charge in [0.05, 0.1) is 17.9 Å². The average Bonchev–Trinajstić information content (AvgIpc) is 3.37. The van der Waals surface area contributed by atoms with Crippen molar-refractivity contribution in [3.05, 3.63) is 194 Å². The van der Waals surface area contributed by atoms with Crippen molar-refractivity contribution in [2.45, 2.75) is 5.41 Å². The molecular formula is C41H30O2. The Morgan fingerprint density at radius 3 is 1.23 bits per heavy atom. The summed E-state index contributed by atoms with van der Waals surface area (Å²) in [6, 6.07) is 51.1. The minimum atomic E-state index is -0.629. The maximum atomic E-state index is 6.11. The van der Waals surface area contributed by atoms with Gasteiger partial charge in [-0.3, -0.25) is 0 Å². The van der Waals surface area contributed by atoms with Crippen LogP contribution >= 0.6 is 0 Å². The van der Waals surface area contributed by atoms with Gasteiger partial charge < -0.3 is 9.47 Å². The first-order valence-corrected chi connectivity index (χ1v) is 14.4. The summed E-state index contributed by atoms with van der Waals surface area (Å²) in [6.07, 6.45) is 3.00. The lowest BCUT2D eigenvalue weighted by Gasteiger charge is -2.34. The molecule has 43 heavy (non-hydrogen) atoms. The Morgan fingerprint density at radius 2 is 0.814 bits per heavy atom. The molecule has 0 heterocycles. The van der Waals surface area contributed by atoms with E-state index in [1.54, 1.807) is 0 Å². The fourth-order valence-corrected chi connectivity index (χ4v) is 6.62. The Morgan fingerprint density at radius 1 is 0.419 bits per heavy atom. The van der Waals surface area contributed by atoms with E-state index in [4.69, 9.17) is 9.47 Å². The highest BCUT2D eigenvalue weighted by molar-refractivity contribution is 5.87. The number of ether oxygens (including phenoxy) is 2. The molecular weight excluding hydrogens is 524 g/mol. The summed E-state index contributed by atoms with van der Waals surface area (Å²) in [5, 5.41) is 0. The molecule has 0 spiro atoms. The maximum absolute atomic E-state index is 6.11. The van der Waals surface area contributed by atoms with Gasteiger partial charge in [0.1, 0.15) is 11.5 Å². The normalized spacial score (nSPS) is 12.6. The molecule has 7 rings (SSSR count). The molecule has 6 aromatic rings. The lowest BCUT2D eigenvalue weighted by Crippen LogP contribution is -2.28. The van der Waals surface area contributed by atoms with Crippen molar-refractivity contribution in [2.24, 2.45) is 0 Å². The van der Waals surface area contributed by atoms with E-state index in [-0.39, 0.29) is 0 Å². The van der Waals surface area contributed by atoms with E-state index in [9.17, 15) is 0 Å². The molecule has 2 heteroatoms. The van der Waals surface area contributed by atoms with Gasteiger partial charge in [0.2, 0.25) is 0 Å². The zero-order valence-electron chi connectivity index (χ0n) is 23.7. The molecule has 0 aromatic heterocycles. The van der Waals surface area contributed by atoms with E-state index < -0.39 is 5.41 Å². The molecule has 2 nitrogen and oxygen atoms in total. The van der Waals surface area contributed by atoms with Gasteiger partial charge in [-0.2, -0.15) is 0 Å². The Hall–Kier alpha value is -5.60. The molecule has 0 saturated heterocycles. The van der Waals surface area contributed by atoms with Crippen LogP contribution in [0, 0.1) is 0 Å². The summed E-state index contributed by atoms with van der Waals surface area (Å²) < 4.78 is 12.2. The molecule has 0 bridgehead atoms. The van der Waals surface area contributed by atoms with Crippen molar-refractivity contribution < 1.29 is 9.47 Å². The summed E-state index contributed by atoms with van der Waals surface area (Å²) in [7, 11) is 0. The Balaban J connectivity index is 1.55. The molecule has 0 aliphatic heterocycles. The highest BCUT2D eigenvalue weighted by Crippen LogP contribution is 2.57. The van der Waals surface area contributed by atoms with Gasteiger partial charge in [-0.05, 0) is 56.6 Å². The Labute approximate surface area is 252 Å². The van der Waals surface area contributed by atoms with Crippen LogP contribution in [0.2, 0.25) is 0 Å². The number of benzene rings is 6. The fraction of sp³-hybridized carbons (Fsp3) is 0.0244. The van der Waals surface area contributed by atoms with Crippen LogP contribution in [0.4, 0.5) is 0 Å². The van der Waals surface area contributed by atoms with Crippen molar-refractivity contribution in [3.8, 4) is 44.9 Å². The summed E-state index contributed by atoms with van der Waals surface area (Å²) in [4.78, 5) is 0. The number of hydrogen-bond donors (Lipinski definition) is 0. The lowest BCUT2D eigenvalue weighted by molar-refractivity contribution is 0.482. The third-order valence-corrected chi connectivity index (χ3v) is 8.37. The minimum absolute atomic E-state index is 0.629. The van der Waals surface area contributed by atoms with E-state index in [1.165, 1.54) is 34.8 Å². The predicted molar refractivity (Wildman–Crippen MR) is 176 cm³/mol. The quantitative estimate of drug-likeness (QED) is 0.174. The standard InChI is InChI=1S/C41H30O2/c1-3-42-39-27-31(23-25-33(39)29-15-7-5-8-16-29)41(37-21-13-11-19-35(37)36-20-12-14-22-38(36)41)32-24-26-34(40(28-32)43-4-2)30-17-9-6-10-18-30/h3-28H,1-2H2. The molecule has 0 N–H and O–H groups in total. The molecule has 0 saturated carbocycles. The first-order chi connectivity index (χ1) is 21.3. The van der Waals surface area contributed by atoms with Crippen LogP contribution in [0.1, 0.15) is 22.3 Å². The van der Waals surface area contributed by atoms with E-state index in [1.807, 2.05) is 36.4 Å². The molecule has 0 amide bonds. The van der Waals surface area contributed by atoms with Crippen LogP contribution < -0.4 is 9.47 Å².